The first-order valence-corrected chi connectivity index (χ1v) is 4.31. The lowest BCUT2D eigenvalue weighted by Gasteiger charge is -2.03. The predicted octanol–water partition coefficient (Wildman–Crippen LogP) is 2.60. The Hall–Kier alpha value is -1.03. The van der Waals surface area contributed by atoms with E-state index >= 15 is 0 Å². The van der Waals surface area contributed by atoms with E-state index in [-0.39, 0.29) is 11.1 Å². The fourth-order valence-corrected chi connectivity index (χ4v) is 1.46. The van der Waals surface area contributed by atoms with Gasteiger partial charge >= 0.3 is 0 Å². The molecule has 4 heteroatoms. The SMILES string of the molecule is CC(=O)c1c(F)ccc(Br)c1C=O. The summed E-state index contributed by atoms with van der Waals surface area (Å²) in [6.07, 6.45) is 0.462. The van der Waals surface area contributed by atoms with Gasteiger partial charge in [-0.3, -0.25) is 9.59 Å². The number of rotatable bonds is 2. The van der Waals surface area contributed by atoms with Gasteiger partial charge in [0.05, 0.1) is 5.56 Å². The Morgan fingerprint density at radius 2 is 2.15 bits per heavy atom. The van der Waals surface area contributed by atoms with Crippen LogP contribution in [0.4, 0.5) is 4.39 Å². The van der Waals surface area contributed by atoms with Crippen LogP contribution in [-0.2, 0) is 0 Å². The van der Waals surface area contributed by atoms with Crippen molar-refractivity contribution in [2.75, 3.05) is 0 Å². The Bertz CT molecular complexity index is 374. The van der Waals surface area contributed by atoms with E-state index in [1.165, 1.54) is 13.0 Å². The minimum atomic E-state index is -0.669. The maximum absolute atomic E-state index is 13.1. The lowest BCUT2D eigenvalue weighted by molar-refractivity contribution is 0.100. The predicted molar refractivity (Wildman–Crippen MR) is 49.5 cm³/mol. The second-order valence-corrected chi connectivity index (χ2v) is 3.35. The van der Waals surface area contributed by atoms with Crippen molar-refractivity contribution in [2.24, 2.45) is 0 Å². The largest absolute Gasteiger partial charge is 0.298 e. The molecule has 0 bridgehead atoms. The van der Waals surface area contributed by atoms with Crippen molar-refractivity contribution in [3.63, 3.8) is 0 Å². The highest BCUT2D eigenvalue weighted by atomic mass is 79.9. The van der Waals surface area contributed by atoms with Crippen LogP contribution >= 0.6 is 15.9 Å². The van der Waals surface area contributed by atoms with Gasteiger partial charge in [-0.2, -0.15) is 0 Å². The second kappa shape index (κ2) is 3.79. The monoisotopic (exact) mass is 244 g/mol. The molecule has 0 N–H and O–H groups in total. The number of halogens is 2. The van der Waals surface area contributed by atoms with Crippen LogP contribution in [0, 0.1) is 5.82 Å². The third-order valence-electron chi connectivity index (χ3n) is 1.61. The molecular weight excluding hydrogens is 239 g/mol. The topological polar surface area (TPSA) is 34.1 Å². The quantitative estimate of drug-likeness (QED) is 0.592. The molecule has 1 aromatic rings. The first-order chi connectivity index (χ1) is 6.07. The number of hydrogen-bond donors (Lipinski definition) is 0. The molecule has 13 heavy (non-hydrogen) atoms. The lowest BCUT2D eigenvalue weighted by atomic mass is 10.1. The molecule has 0 amide bonds. The molecule has 1 rings (SSSR count). The van der Waals surface area contributed by atoms with Crippen LogP contribution in [0.15, 0.2) is 16.6 Å². The smallest absolute Gasteiger partial charge is 0.163 e. The summed E-state index contributed by atoms with van der Waals surface area (Å²) in [6.45, 7) is 1.22. The molecule has 68 valence electrons. The van der Waals surface area contributed by atoms with Crippen molar-refractivity contribution < 1.29 is 14.0 Å². The molecule has 0 radical (unpaired) electrons. The minimum absolute atomic E-state index is 0.0625. The number of aldehydes is 1. The molecule has 0 aromatic heterocycles. The third-order valence-corrected chi connectivity index (χ3v) is 2.30. The summed E-state index contributed by atoms with van der Waals surface area (Å²) in [7, 11) is 0. The van der Waals surface area contributed by atoms with E-state index in [1.54, 1.807) is 0 Å². The molecule has 1 aromatic carbocycles. The van der Waals surface area contributed by atoms with E-state index in [1.807, 2.05) is 0 Å². The molecule has 0 atom stereocenters. The molecule has 0 heterocycles. The van der Waals surface area contributed by atoms with Crippen molar-refractivity contribution in [3.05, 3.63) is 33.5 Å². The Morgan fingerprint density at radius 1 is 1.54 bits per heavy atom. The first kappa shape index (κ1) is 10.1. The first-order valence-electron chi connectivity index (χ1n) is 3.52. The number of Topliss-reactive ketones (excluding diaryl/α,β-unsaturated/α-hetero) is 1. The normalized spacial score (nSPS) is 9.77. The zero-order chi connectivity index (χ0) is 10.0. The van der Waals surface area contributed by atoms with Crippen LogP contribution in [0.3, 0.4) is 0 Å². The van der Waals surface area contributed by atoms with Gasteiger partial charge in [0.1, 0.15) is 5.82 Å². The van der Waals surface area contributed by atoms with Crippen LogP contribution in [0.1, 0.15) is 27.6 Å². The molecule has 0 fully saturated rings. The summed E-state index contributed by atoms with van der Waals surface area (Å²) < 4.78 is 13.5. The maximum Gasteiger partial charge on any atom is 0.163 e. The van der Waals surface area contributed by atoms with E-state index < -0.39 is 11.6 Å². The number of carbonyl (C=O) groups is 2. The summed E-state index contributed by atoms with van der Waals surface area (Å²) in [5, 5.41) is 0. The minimum Gasteiger partial charge on any atom is -0.298 e. The van der Waals surface area contributed by atoms with Gasteiger partial charge in [0.15, 0.2) is 12.1 Å². The van der Waals surface area contributed by atoms with Crippen LogP contribution in [0.25, 0.3) is 0 Å². The summed E-state index contributed by atoms with van der Waals surface area (Å²) in [5.41, 5.74) is -0.100. The average molecular weight is 245 g/mol. The summed E-state index contributed by atoms with van der Waals surface area (Å²) in [6, 6.07) is 2.54. The highest BCUT2D eigenvalue weighted by Crippen LogP contribution is 2.21. The zero-order valence-corrected chi connectivity index (χ0v) is 8.39. The number of benzene rings is 1. The molecule has 0 aliphatic heterocycles. The van der Waals surface area contributed by atoms with Crippen molar-refractivity contribution in [1.29, 1.82) is 0 Å². The van der Waals surface area contributed by atoms with E-state index in [9.17, 15) is 14.0 Å². The molecule has 0 aliphatic carbocycles. The van der Waals surface area contributed by atoms with Crippen LogP contribution < -0.4 is 0 Å². The van der Waals surface area contributed by atoms with Gasteiger partial charge in [-0.1, -0.05) is 15.9 Å². The average Bonchev–Trinajstić information content (AvgIpc) is 2.07. The van der Waals surface area contributed by atoms with Crippen molar-refractivity contribution >= 4 is 28.0 Å². The fourth-order valence-electron chi connectivity index (χ4n) is 1.04. The van der Waals surface area contributed by atoms with E-state index in [0.717, 1.165) is 6.07 Å². The van der Waals surface area contributed by atoms with E-state index in [2.05, 4.69) is 15.9 Å². The van der Waals surface area contributed by atoms with Gasteiger partial charge in [-0.25, -0.2) is 4.39 Å². The molecule has 0 saturated heterocycles. The van der Waals surface area contributed by atoms with Crippen molar-refractivity contribution in [3.8, 4) is 0 Å². The molecule has 0 saturated carbocycles. The summed E-state index contributed by atoms with van der Waals surface area (Å²) in [5.74, 6) is -1.13. The third kappa shape index (κ3) is 1.83. The van der Waals surface area contributed by atoms with E-state index in [4.69, 9.17) is 0 Å². The highest BCUT2D eigenvalue weighted by molar-refractivity contribution is 9.10. The molecular formula is C9H6BrFO2. The van der Waals surface area contributed by atoms with Gasteiger partial charge in [-0.15, -0.1) is 0 Å². The Labute approximate surface area is 82.9 Å². The molecule has 0 aliphatic rings. The van der Waals surface area contributed by atoms with Crippen LogP contribution in [0.5, 0.6) is 0 Å². The number of hydrogen-bond acceptors (Lipinski definition) is 2. The van der Waals surface area contributed by atoms with Crippen molar-refractivity contribution in [1.82, 2.24) is 0 Å². The van der Waals surface area contributed by atoms with Gasteiger partial charge in [0, 0.05) is 10.0 Å². The standard InChI is InChI=1S/C9H6BrFO2/c1-5(13)9-6(4-12)7(10)2-3-8(9)11/h2-4H,1H3. The van der Waals surface area contributed by atoms with E-state index in [0.29, 0.717) is 10.8 Å². The van der Waals surface area contributed by atoms with Crippen LogP contribution in [0.2, 0.25) is 0 Å². The molecule has 0 unspecified atom stereocenters. The van der Waals surface area contributed by atoms with Gasteiger partial charge in [0.25, 0.3) is 0 Å². The number of ketones is 1. The molecule has 2 nitrogen and oxygen atoms in total. The lowest BCUT2D eigenvalue weighted by Crippen LogP contribution is -2.03. The Kier molecular flexibility index (Phi) is 2.93. The summed E-state index contributed by atoms with van der Waals surface area (Å²) in [4.78, 5) is 21.5. The second-order valence-electron chi connectivity index (χ2n) is 2.49. The maximum atomic E-state index is 13.1. The Morgan fingerprint density at radius 3 is 2.54 bits per heavy atom. The number of carbonyl (C=O) groups excluding carboxylic acids is 2. The van der Waals surface area contributed by atoms with Gasteiger partial charge < -0.3 is 0 Å². The molecule has 0 spiro atoms. The van der Waals surface area contributed by atoms with Gasteiger partial charge in [-0.05, 0) is 19.1 Å². The van der Waals surface area contributed by atoms with Crippen LogP contribution in [-0.4, -0.2) is 12.1 Å². The Balaban J connectivity index is 3.52. The highest BCUT2D eigenvalue weighted by Gasteiger charge is 2.15. The summed E-state index contributed by atoms with van der Waals surface area (Å²) >= 11 is 3.06. The van der Waals surface area contributed by atoms with Crippen molar-refractivity contribution in [2.45, 2.75) is 6.92 Å². The van der Waals surface area contributed by atoms with Gasteiger partial charge in [0.2, 0.25) is 0 Å². The zero-order valence-electron chi connectivity index (χ0n) is 6.80. The fraction of sp³-hybridized carbons (Fsp3) is 0.111.